The van der Waals surface area contributed by atoms with Crippen molar-refractivity contribution >= 4 is 29.4 Å². The van der Waals surface area contributed by atoms with Gasteiger partial charge in [-0.1, -0.05) is 18.5 Å². The van der Waals surface area contributed by atoms with E-state index >= 15 is 0 Å². The van der Waals surface area contributed by atoms with Crippen LogP contribution in [0.2, 0.25) is 5.02 Å². The van der Waals surface area contributed by atoms with Gasteiger partial charge in [0, 0.05) is 26.7 Å². The number of rotatable bonds is 5. The molecule has 1 aromatic heterocycles. The Morgan fingerprint density at radius 3 is 2.68 bits per heavy atom. The molecule has 1 atom stereocenters. The number of carboxylic acids is 1. The first-order chi connectivity index (χ1) is 10.4. The van der Waals surface area contributed by atoms with Crippen molar-refractivity contribution < 1.29 is 14.7 Å². The van der Waals surface area contributed by atoms with Gasteiger partial charge in [-0.3, -0.25) is 9.59 Å². The van der Waals surface area contributed by atoms with Gasteiger partial charge in [0.2, 0.25) is 5.95 Å². The number of hydrogen-bond donors (Lipinski definition) is 1. The molecular weight excluding hydrogens is 308 g/mol. The van der Waals surface area contributed by atoms with E-state index in [4.69, 9.17) is 16.7 Å². The van der Waals surface area contributed by atoms with E-state index in [2.05, 4.69) is 9.97 Å². The Hall–Kier alpha value is -1.89. The summed E-state index contributed by atoms with van der Waals surface area (Å²) in [6.45, 7) is 3.36. The van der Waals surface area contributed by atoms with Crippen molar-refractivity contribution in [2.24, 2.45) is 5.92 Å². The van der Waals surface area contributed by atoms with Gasteiger partial charge in [0.15, 0.2) is 5.69 Å². The van der Waals surface area contributed by atoms with Crippen LogP contribution in [0.3, 0.4) is 0 Å². The molecule has 1 fully saturated rings. The van der Waals surface area contributed by atoms with Gasteiger partial charge in [0.05, 0.1) is 17.1 Å². The summed E-state index contributed by atoms with van der Waals surface area (Å²) in [6, 6.07) is 0. The lowest BCUT2D eigenvalue weighted by Crippen LogP contribution is -2.34. The van der Waals surface area contributed by atoms with Crippen molar-refractivity contribution in [3.63, 3.8) is 0 Å². The maximum atomic E-state index is 12.4. The molecule has 0 radical (unpaired) electrons. The molecule has 1 saturated heterocycles. The second-order valence-electron chi connectivity index (χ2n) is 5.49. The van der Waals surface area contributed by atoms with Gasteiger partial charge in [-0.05, 0) is 12.8 Å². The van der Waals surface area contributed by atoms with Crippen LogP contribution < -0.4 is 4.90 Å². The molecule has 1 aliphatic heterocycles. The minimum absolute atomic E-state index is 0.0908. The number of halogens is 1. The SMILES string of the molecule is C[C@@H](CN(C)C(=O)c1nc(N2CCCC2)ncc1Cl)C(=O)O. The zero-order chi connectivity index (χ0) is 16.3. The number of hydrogen-bond acceptors (Lipinski definition) is 5. The third-order valence-electron chi connectivity index (χ3n) is 3.64. The summed E-state index contributed by atoms with van der Waals surface area (Å²) in [6.07, 6.45) is 3.57. The van der Waals surface area contributed by atoms with Crippen LogP contribution in [0.15, 0.2) is 6.20 Å². The Morgan fingerprint density at radius 2 is 2.09 bits per heavy atom. The second-order valence-corrected chi connectivity index (χ2v) is 5.89. The minimum Gasteiger partial charge on any atom is -0.481 e. The summed E-state index contributed by atoms with van der Waals surface area (Å²) < 4.78 is 0. The van der Waals surface area contributed by atoms with Crippen molar-refractivity contribution in [1.29, 1.82) is 0 Å². The summed E-state index contributed by atoms with van der Waals surface area (Å²) >= 11 is 6.03. The molecule has 1 aliphatic rings. The average Bonchev–Trinajstić information content (AvgIpc) is 3.01. The number of nitrogens with zero attached hydrogens (tertiary/aromatic N) is 4. The monoisotopic (exact) mass is 326 g/mol. The fraction of sp³-hybridized carbons (Fsp3) is 0.571. The Bertz CT molecular complexity index is 575. The van der Waals surface area contributed by atoms with Gasteiger partial charge in [-0.25, -0.2) is 9.97 Å². The Labute approximate surface area is 133 Å². The first-order valence-electron chi connectivity index (χ1n) is 7.16. The van der Waals surface area contributed by atoms with E-state index in [9.17, 15) is 9.59 Å². The number of amides is 1. The van der Waals surface area contributed by atoms with E-state index in [0.717, 1.165) is 25.9 Å². The smallest absolute Gasteiger partial charge is 0.308 e. The predicted molar refractivity (Wildman–Crippen MR) is 82.2 cm³/mol. The maximum absolute atomic E-state index is 12.4. The van der Waals surface area contributed by atoms with Crippen molar-refractivity contribution in [2.75, 3.05) is 31.6 Å². The quantitative estimate of drug-likeness (QED) is 0.883. The van der Waals surface area contributed by atoms with Crippen LogP contribution in [0.25, 0.3) is 0 Å². The molecular formula is C14H19ClN4O3. The number of carbonyl (C=O) groups is 2. The lowest BCUT2D eigenvalue weighted by Gasteiger charge is -2.21. The summed E-state index contributed by atoms with van der Waals surface area (Å²) in [5.41, 5.74) is 0.110. The van der Waals surface area contributed by atoms with E-state index in [1.54, 1.807) is 6.92 Å². The van der Waals surface area contributed by atoms with Crippen LogP contribution in [0.1, 0.15) is 30.3 Å². The predicted octanol–water partition coefficient (Wildman–Crippen LogP) is 1.52. The van der Waals surface area contributed by atoms with Gasteiger partial charge in [-0.15, -0.1) is 0 Å². The fourth-order valence-electron chi connectivity index (χ4n) is 2.33. The van der Waals surface area contributed by atoms with Crippen LogP contribution in [0, 0.1) is 5.92 Å². The topological polar surface area (TPSA) is 86.6 Å². The number of anilines is 1. The van der Waals surface area contributed by atoms with Gasteiger partial charge in [-0.2, -0.15) is 0 Å². The van der Waals surface area contributed by atoms with Crippen molar-refractivity contribution in [2.45, 2.75) is 19.8 Å². The van der Waals surface area contributed by atoms with E-state index < -0.39 is 17.8 Å². The van der Waals surface area contributed by atoms with Crippen molar-refractivity contribution in [1.82, 2.24) is 14.9 Å². The molecule has 1 aromatic rings. The third-order valence-corrected chi connectivity index (χ3v) is 3.92. The fourth-order valence-corrected chi connectivity index (χ4v) is 2.50. The van der Waals surface area contributed by atoms with Crippen LogP contribution in [-0.4, -0.2) is 58.5 Å². The number of carboxylic acid groups (broad SMARTS) is 1. The molecule has 22 heavy (non-hydrogen) atoms. The van der Waals surface area contributed by atoms with Crippen molar-refractivity contribution in [3.05, 3.63) is 16.9 Å². The maximum Gasteiger partial charge on any atom is 0.308 e. The van der Waals surface area contributed by atoms with Gasteiger partial charge in [0.1, 0.15) is 0 Å². The summed E-state index contributed by atoms with van der Waals surface area (Å²) in [4.78, 5) is 35.1. The normalized spacial score (nSPS) is 15.7. The lowest BCUT2D eigenvalue weighted by molar-refractivity contribution is -0.141. The van der Waals surface area contributed by atoms with Crippen molar-refractivity contribution in [3.8, 4) is 0 Å². The van der Waals surface area contributed by atoms with Gasteiger partial charge < -0.3 is 14.9 Å². The van der Waals surface area contributed by atoms with Crippen LogP contribution in [0.4, 0.5) is 5.95 Å². The Kier molecular flexibility index (Phi) is 5.18. The number of aliphatic carboxylic acids is 1. The van der Waals surface area contributed by atoms with E-state index in [1.807, 2.05) is 4.90 Å². The molecule has 0 spiro atoms. The van der Waals surface area contributed by atoms with E-state index in [1.165, 1.54) is 18.1 Å². The Balaban J connectivity index is 2.17. The zero-order valence-corrected chi connectivity index (χ0v) is 13.4. The van der Waals surface area contributed by atoms with E-state index in [-0.39, 0.29) is 17.3 Å². The third kappa shape index (κ3) is 3.65. The van der Waals surface area contributed by atoms with Gasteiger partial charge >= 0.3 is 5.97 Å². The van der Waals surface area contributed by atoms with Crippen LogP contribution >= 0.6 is 11.6 Å². The van der Waals surface area contributed by atoms with Crippen LogP contribution in [-0.2, 0) is 4.79 Å². The molecule has 0 saturated carbocycles. The van der Waals surface area contributed by atoms with E-state index in [0.29, 0.717) is 5.95 Å². The molecule has 7 nitrogen and oxygen atoms in total. The molecule has 120 valence electrons. The highest BCUT2D eigenvalue weighted by Gasteiger charge is 2.24. The molecule has 0 aromatic carbocycles. The first-order valence-corrected chi connectivity index (χ1v) is 7.53. The second kappa shape index (κ2) is 6.91. The molecule has 2 heterocycles. The Morgan fingerprint density at radius 1 is 1.45 bits per heavy atom. The largest absolute Gasteiger partial charge is 0.481 e. The molecule has 8 heteroatoms. The zero-order valence-electron chi connectivity index (χ0n) is 12.6. The van der Waals surface area contributed by atoms with Gasteiger partial charge in [0.25, 0.3) is 5.91 Å². The number of aromatic nitrogens is 2. The summed E-state index contributed by atoms with van der Waals surface area (Å²) in [7, 11) is 1.54. The molecule has 0 unspecified atom stereocenters. The summed E-state index contributed by atoms with van der Waals surface area (Å²) in [5.74, 6) is -1.52. The molecule has 0 aliphatic carbocycles. The highest BCUT2D eigenvalue weighted by Crippen LogP contribution is 2.21. The highest BCUT2D eigenvalue weighted by atomic mass is 35.5. The van der Waals surface area contributed by atoms with Crippen LogP contribution in [0.5, 0.6) is 0 Å². The molecule has 2 rings (SSSR count). The molecule has 1 N–H and O–H groups in total. The standard InChI is InChI=1S/C14H19ClN4O3/c1-9(13(21)22)8-18(2)12(20)11-10(15)7-16-14(17-11)19-5-3-4-6-19/h7,9H,3-6,8H2,1-2H3,(H,21,22)/t9-/m0/s1. The molecule has 0 bridgehead atoms. The molecule has 1 amide bonds. The first kappa shape index (κ1) is 16.5. The average molecular weight is 327 g/mol. The highest BCUT2D eigenvalue weighted by molar-refractivity contribution is 6.33. The number of carbonyl (C=O) groups excluding carboxylic acids is 1. The summed E-state index contributed by atoms with van der Waals surface area (Å²) in [5, 5.41) is 9.10. The lowest BCUT2D eigenvalue weighted by atomic mass is 10.1. The minimum atomic E-state index is -0.953.